The molecule has 0 saturated heterocycles. The Hall–Kier alpha value is -3.52. The fourth-order valence-corrected chi connectivity index (χ4v) is 5.03. The number of carbonyl (C=O) groups is 3. The van der Waals surface area contributed by atoms with E-state index in [1.165, 1.54) is 0 Å². The van der Waals surface area contributed by atoms with Gasteiger partial charge >= 0.3 is 6.09 Å². The largest absolute Gasteiger partial charge is 0.444 e. The van der Waals surface area contributed by atoms with Crippen molar-refractivity contribution in [3.63, 3.8) is 0 Å². The number of nitrogens with one attached hydrogen (secondary N) is 2. The van der Waals surface area contributed by atoms with Gasteiger partial charge in [-0.25, -0.2) is 4.79 Å². The lowest BCUT2D eigenvalue weighted by atomic mass is 9.99. The third kappa shape index (κ3) is 8.49. The average Bonchev–Trinajstić information content (AvgIpc) is 2.87. The van der Waals surface area contributed by atoms with Crippen LogP contribution in [0.3, 0.4) is 0 Å². The number of aryl methyl sites for hydroxylation is 1. The molecule has 0 aliphatic rings. The second-order valence-electron chi connectivity index (χ2n) is 11.2. The Morgan fingerprint density at radius 2 is 1.65 bits per heavy atom. The maximum absolute atomic E-state index is 14.2. The number of amides is 3. The molecule has 40 heavy (non-hydrogen) atoms. The van der Waals surface area contributed by atoms with Gasteiger partial charge in [-0.1, -0.05) is 60.2 Å². The van der Waals surface area contributed by atoms with Crippen molar-refractivity contribution in [1.82, 2.24) is 10.2 Å². The van der Waals surface area contributed by atoms with E-state index in [1.54, 1.807) is 37.4 Å². The van der Waals surface area contributed by atoms with Gasteiger partial charge in [0, 0.05) is 11.7 Å². The number of hydrogen-bond acceptors (Lipinski definition) is 5. The molecule has 214 valence electrons. The highest BCUT2D eigenvalue weighted by molar-refractivity contribution is 7.98. The number of hydrogen-bond donors (Lipinski definition) is 2. The Bertz CT molecular complexity index is 1330. The number of alkyl carbamates (subject to hydrolysis) is 1. The molecule has 0 saturated carbocycles. The molecule has 0 aliphatic carbocycles. The maximum atomic E-state index is 14.2. The van der Waals surface area contributed by atoms with E-state index in [4.69, 9.17) is 4.74 Å². The number of rotatable bonds is 10. The summed E-state index contributed by atoms with van der Waals surface area (Å²) in [6.07, 6.45) is 1.68. The van der Waals surface area contributed by atoms with Crippen LogP contribution in [0.2, 0.25) is 0 Å². The number of benzene rings is 3. The molecule has 8 heteroatoms. The van der Waals surface area contributed by atoms with Gasteiger partial charge in [-0.2, -0.15) is 11.8 Å². The lowest BCUT2D eigenvalue weighted by Gasteiger charge is -2.37. The van der Waals surface area contributed by atoms with Crippen molar-refractivity contribution in [3.05, 3.63) is 77.9 Å². The van der Waals surface area contributed by atoms with Crippen LogP contribution in [0.5, 0.6) is 0 Å². The fraction of sp³-hybridized carbons (Fsp3) is 0.406. The van der Waals surface area contributed by atoms with Crippen molar-refractivity contribution < 1.29 is 19.1 Å². The van der Waals surface area contributed by atoms with Gasteiger partial charge in [0.25, 0.3) is 5.91 Å². The van der Waals surface area contributed by atoms with Crippen LogP contribution in [0.1, 0.15) is 58.2 Å². The van der Waals surface area contributed by atoms with Crippen LogP contribution in [0.4, 0.5) is 10.5 Å². The van der Waals surface area contributed by atoms with Crippen LogP contribution in [0.15, 0.2) is 66.7 Å². The first-order valence-electron chi connectivity index (χ1n) is 13.6. The summed E-state index contributed by atoms with van der Waals surface area (Å²) in [6, 6.07) is 19.2. The standard InChI is InChI=1S/C32H41N3O4S/c1-21(2)35(30(37)27(17-18-40-7)34-31(38)39-32(4,5)6)28(25-14-10-11-22(3)19-25)29(36)33-26-16-15-23-12-8-9-13-24(23)20-26/h8-16,19-21,27-28H,17-18H2,1-7H3,(H,33,36)(H,34,38). The molecule has 0 fully saturated rings. The van der Waals surface area contributed by atoms with E-state index in [2.05, 4.69) is 10.6 Å². The van der Waals surface area contributed by atoms with Gasteiger partial charge < -0.3 is 20.3 Å². The van der Waals surface area contributed by atoms with Gasteiger partial charge in [0.2, 0.25) is 5.91 Å². The van der Waals surface area contributed by atoms with E-state index < -0.39 is 23.8 Å². The zero-order valence-corrected chi connectivity index (χ0v) is 25.3. The monoisotopic (exact) mass is 563 g/mol. The van der Waals surface area contributed by atoms with E-state index in [9.17, 15) is 14.4 Å². The van der Waals surface area contributed by atoms with Gasteiger partial charge in [0.15, 0.2) is 0 Å². The average molecular weight is 564 g/mol. The molecule has 2 N–H and O–H groups in total. The van der Waals surface area contributed by atoms with Gasteiger partial charge in [-0.3, -0.25) is 9.59 Å². The van der Waals surface area contributed by atoms with Crippen molar-refractivity contribution in [3.8, 4) is 0 Å². The molecule has 0 radical (unpaired) electrons. The van der Waals surface area contributed by atoms with Crippen molar-refractivity contribution in [2.75, 3.05) is 17.3 Å². The molecule has 0 aromatic heterocycles. The minimum absolute atomic E-state index is 0.330. The van der Waals surface area contributed by atoms with Crippen LogP contribution < -0.4 is 10.6 Å². The molecule has 0 heterocycles. The minimum Gasteiger partial charge on any atom is -0.444 e. The number of ether oxygens (including phenoxy) is 1. The number of carbonyl (C=O) groups excluding carboxylic acids is 3. The van der Waals surface area contributed by atoms with E-state index in [0.29, 0.717) is 23.4 Å². The second-order valence-corrected chi connectivity index (χ2v) is 12.2. The van der Waals surface area contributed by atoms with Crippen molar-refractivity contribution in [1.29, 1.82) is 0 Å². The Balaban J connectivity index is 2.00. The Labute approximate surface area is 242 Å². The normalized spacial score (nSPS) is 13.0. The smallest absolute Gasteiger partial charge is 0.408 e. The number of thioether (sulfide) groups is 1. The molecule has 2 unspecified atom stereocenters. The number of nitrogens with zero attached hydrogens (tertiary/aromatic N) is 1. The summed E-state index contributed by atoms with van der Waals surface area (Å²) in [6.45, 7) is 11.0. The Morgan fingerprint density at radius 3 is 2.27 bits per heavy atom. The van der Waals surface area contributed by atoms with Gasteiger partial charge in [-0.05, 0) is 88.4 Å². The quantitative estimate of drug-likeness (QED) is 0.286. The minimum atomic E-state index is -0.920. The summed E-state index contributed by atoms with van der Waals surface area (Å²) < 4.78 is 5.45. The predicted octanol–water partition coefficient (Wildman–Crippen LogP) is 6.71. The first kappa shape index (κ1) is 31.0. The number of fused-ring (bicyclic) bond motifs is 1. The summed E-state index contributed by atoms with van der Waals surface area (Å²) in [5.41, 5.74) is 1.60. The molecule has 7 nitrogen and oxygen atoms in total. The topological polar surface area (TPSA) is 87.7 Å². The summed E-state index contributed by atoms with van der Waals surface area (Å²) in [7, 11) is 0. The Kier molecular flexibility index (Phi) is 10.6. The van der Waals surface area contributed by atoms with E-state index >= 15 is 0 Å². The molecule has 0 aliphatic heterocycles. The maximum Gasteiger partial charge on any atom is 0.408 e. The zero-order chi connectivity index (χ0) is 29.4. The van der Waals surface area contributed by atoms with Crippen LogP contribution in [0, 0.1) is 6.92 Å². The lowest BCUT2D eigenvalue weighted by Crippen LogP contribution is -2.54. The molecular formula is C32H41N3O4S. The first-order valence-corrected chi connectivity index (χ1v) is 15.0. The van der Waals surface area contributed by atoms with E-state index in [-0.39, 0.29) is 17.9 Å². The summed E-state index contributed by atoms with van der Waals surface area (Å²) in [4.78, 5) is 42.5. The molecule has 3 aromatic rings. The summed E-state index contributed by atoms with van der Waals surface area (Å²) in [5, 5.41) is 7.89. The highest BCUT2D eigenvalue weighted by Crippen LogP contribution is 2.28. The van der Waals surface area contributed by atoms with Gasteiger partial charge in [0.1, 0.15) is 17.7 Å². The van der Waals surface area contributed by atoms with Crippen molar-refractivity contribution in [2.45, 2.75) is 71.7 Å². The van der Waals surface area contributed by atoms with Crippen molar-refractivity contribution in [2.24, 2.45) is 0 Å². The highest BCUT2D eigenvalue weighted by atomic mass is 32.2. The van der Waals surface area contributed by atoms with Crippen LogP contribution in [0.25, 0.3) is 10.8 Å². The molecule has 3 rings (SSSR count). The molecule has 0 bridgehead atoms. The molecular weight excluding hydrogens is 522 g/mol. The number of anilines is 1. The van der Waals surface area contributed by atoms with E-state index in [0.717, 1.165) is 16.3 Å². The van der Waals surface area contributed by atoms with Crippen LogP contribution in [-0.2, 0) is 14.3 Å². The second kappa shape index (κ2) is 13.7. The highest BCUT2D eigenvalue weighted by Gasteiger charge is 2.37. The molecule has 0 spiro atoms. The SMILES string of the molecule is CSCCC(NC(=O)OC(C)(C)C)C(=O)N(C(C)C)C(C(=O)Nc1ccc2ccccc2c1)c1cccc(C)c1. The Morgan fingerprint density at radius 1 is 0.950 bits per heavy atom. The molecule has 3 amide bonds. The zero-order valence-electron chi connectivity index (χ0n) is 24.5. The molecule has 3 aromatic carbocycles. The summed E-state index contributed by atoms with van der Waals surface area (Å²) >= 11 is 1.58. The van der Waals surface area contributed by atoms with Crippen molar-refractivity contribution >= 4 is 46.1 Å². The van der Waals surface area contributed by atoms with Gasteiger partial charge in [-0.15, -0.1) is 0 Å². The van der Waals surface area contributed by atoms with E-state index in [1.807, 2.05) is 93.8 Å². The third-order valence-corrected chi connectivity index (χ3v) is 6.96. The third-order valence-electron chi connectivity index (χ3n) is 6.31. The van der Waals surface area contributed by atoms with Crippen LogP contribution in [-0.4, -0.2) is 52.5 Å². The lowest BCUT2D eigenvalue weighted by molar-refractivity contribution is -0.143. The molecule has 2 atom stereocenters. The van der Waals surface area contributed by atoms with Crippen LogP contribution >= 0.6 is 11.8 Å². The predicted molar refractivity (Wildman–Crippen MR) is 165 cm³/mol. The van der Waals surface area contributed by atoms with Gasteiger partial charge in [0.05, 0.1) is 0 Å². The summed E-state index contributed by atoms with van der Waals surface area (Å²) in [5.74, 6) is -0.0183. The first-order chi connectivity index (χ1) is 18.9. The fourth-order valence-electron chi connectivity index (χ4n) is 4.56.